The second-order valence-corrected chi connectivity index (χ2v) is 9.18. The minimum Gasteiger partial charge on any atom is -0.353 e. The summed E-state index contributed by atoms with van der Waals surface area (Å²) in [6, 6.07) is 14.1. The minimum absolute atomic E-state index is 0.0971. The predicted octanol–water partition coefficient (Wildman–Crippen LogP) is 3.89. The molecule has 0 atom stereocenters. The number of aromatic nitrogens is 4. The number of nitrogens with zero attached hydrogens (tertiary/aromatic N) is 6. The Hall–Kier alpha value is -2.78. The molecule has 3 aromatic heterocycles. The molecule has 4 aromatic rings. The molecule has 0 radical (unpaired) electrons. The van der Waals surface area contributed by atoms with Crippen LogP contribution in [-0.4, -0.2) is 56.6 Å². The van der Waals surface area contributed by atoms with E-state index in [0.717, 1.165) is 44.4 Å². The van der Waals surface area contributed by atoms with Crippen LogP contribution in [0.2, 0.25) is 0 Å². The number of rotatable bonds is 3. The highest BCUT2D eigenvalue weighted by molar-refractivity contribution is 9.10. The lowest BCUT2D eigenvalue weighted by atomic mass is 10.2. The number of carbonyl (C=O) groups excluding carboxylic acids is 1. The van der Waals surface area contributed by atoms with Crippen molar-refractivity contribution in [3.05, 3.63) is 63.8 Å². The van der Waals surface area contributed by atoms with Gasteiger partial charge in [-0.2, -0.15) is 14.6 Å². The lowest BCUT2D eigenvalue weighted by Gasteiger charge is -2.35. The number of piperazine rings is 1. The third kappa shape index (κ3) is 3.59. The molecule has 0 N–H and O–H groups in total. The Morgan fingerprint density at radius 2 is 1.83 bits per heavy atom. The SMILES string of the molecule is Cc1cc(N2CCN(C(=O)c3ccc(-c4ccc(Br)cc4)s3)CC2)n2ncnc2n1. The predicted molar refractivity (Wildman–Crippen MR) is 121 cm³/mol. The summed E-state index contributed by atoms with van der Waals surface area (Å²) in [5.41, 5.74) is 2.03. The average Bonchev–Trinajstić information content (AvgIpc) is 3.43. The van der Waals surface area contributed by atoms with E-state index < -0.39 is 0 Å². The standard InChI is InChI=1S/C21H19BrN6OS/c1-14-12-19(28-21(25-14)23-13-24-28)26-8-10-27(11-9-26)20(29)18-7-6-17(30-18)15-2-4-16(22)5-3-15/h2-7,12-13H,8-11H2,1H3. The van der Waals surface area contributed by atoms with Gasteiger partial charge in [0.1, 0.15) is 12.1 Å². The van der Waals surface area contributed by atoms with Crippen LogP contribution >= 0.6 is 27.3 Å². The highest BCUT2D eigenvalue weighted by Gasteiger charge is 2.25. The van der Waals surface area contributed by atoms with E-state index in [1.54, 1.807) is 15.9 Å². The zero-order chi connectivity index (χ0) is 20.7. The van der Waals surface area contributed by atoms with Gasteiger partial charge in [-0.3, -0.25) is 4.79 Å². The Bertz CT molecular complexity index is 1210. The topological polar surface area (TPSA) is 66.6 Å². The monoisotopic (exact) mass is 482 g/mol. The number of hydrogen-bond donors (Lipinski definition) is 0. The van der Waals surface area contributed by atoms with Crippen molar-refractivity contribution in [1.29, 1.82) is 0 Å². The quantitative estimate of drug-likeness (QED) is 0.443. The van der Waals surface area contributed by atoms with Crippen molar-refractivity contribution in [2.75, 3.05) is 31.1 Å². The van der Waals surface area contributed by atoms with Crippen molar-refractivity contribution >= 4 is 44.8 Å². The molecule has 1 amide bonds. The molecule has 1 aliphatic heterocycles. The Morgan fingerprint density at radius 1 is 1.07 bits per heavy atom. The molecule has 0 unspecified atom stereocenters. The lowest BCUT2D eigenvalue weighted by molar-refractivity contribution is 0.0751. The molecule has 1 aromatic carbocycles. The van der Waals surface area contributed by atoms with E-state index >= 15 is 0 Å². The number of anilines is 1. The first-order valence-electron chi connectivity index (χ1n) is 9.66. The van der Waals surface area contributed by atoms with Crippen LogP contribution in [0, 0.1) is 6.92 Å². The van der Waals surface area contributed by atoms with Crippen LogP contribution in [0.15, 0.2) is 53.3 Å². The number of aryl methyl sites for hydroxylation is 1. The van der Waals surface area contributed by atoms with E-state index in [4.69, 9.17) is 0 Å². The van der Waals surface area contributed by atoms with Gasteiger partial charge >= 0.3 is 0 Å². The van der Waals surface area contributed by atoms with Crippen LogP contribution in [0.1, 0.15) is 15.4 Å². The summed E-state index contributed by atoms with van der Waals surface area (Å²) in [5.74, 6) is 1.66. The average molecular weight is 483 g/mol. The van der Waals surface area contributed by atoms with E-state index in [1.165, 1.54) is 6.33 Å². The summed E-state index contributed by atoms with van der Waals surface area (Å²) in [5, 5.41) is 4.29. The van der Waals surface area contributed by atoms with Crippen LogP contribution < -0.4 is 4.90 Å². The summed E-state index contributed by atoms with van der Waals surface area (Å²) in [6.07, 6.45) is 1.52. The number of carbonyl (C=O) groups is 1. The molecule has 9 heteroatoms. The highest BCUT2D eigenvalue weighted by atomic mass is 79.9. The van der Waals surface area contributed by atoms with Crippen molar-refractivity contribution < 1.29 is 4.79 Å². The number of halogens is 1. The number of thiophene rings is 1. The van der Waals surface area contributed by atoms with Crippen LogP contribution in [0.3, 0.4) is 0 Å². The highest BCUT2D eigenvalue weighted by Crippen LogP contribution is 2.30. The van der Waals surface area contributed by atoms with E-state index in [-0.39, 0.29) is 5.91 Å². The van der Waals surface area contributed by atoms with Crippen molar-refractivity contribution in [1.82, 2.24) is 24.5 Å². The van der Waals surface area contributed by atoms with Gasteiger partial charge in [0, 0.05) is 47.3 Å². The fraction of sp³-hybridized carbons (Fsp3) is 0.238. The van der Waals surface area contributed by atoms with Gasteiger partial charge in [0.15, 0.2) is 0 Å². The Kier molecular flexibility index (Phi) is 5.00. The summed E-state index contributed by atoms with van der Waals surface area (Å²) in [4.78, 5) is 27.7. The van der Waals surface area contributed by atoms with E-state index in [2.05, 4.69) is 48.0 Å². The van der Waals surface area contributed by atoms with E-state index in [1.807, 2.05) is 42.2 Å². The summed E-state index contributed by atoms with van der Waals surface area (Å²) >= 11 is 5.01. The number of amides is 1. The minimum atomic E-state index is 0.0971. The van der Waals surface area contributed by atoms with Crippen LogP contribution in [-0.2, 0) is 0 Å². The Balaban J connectivity index is 1.29. The van der Waals surface area contributed by atoms with Gasteiger partial charge in [-0.1, -0.05) is 28.1 Å². The fourth-order valence-electron chi connectivity index (χ4n) is 3.65. The van der Waals surface area contributed by atoms with E-state index in [0.29, 0.717) is 18.9 Å². The first kappa shape index (κ1) is 19.2. The summed E-state index contributed by atoms with van der Waals surface area (Å²) in [7, 11) is 0. The first-order chi connectivity index (χ1) is 14.6. The molecule has 0 bridgehead atoms. The molecule has 5 rings (SSSR count). The number of fused-ring (bicyclic) bond motifs is 1. The zero-order valence-corrected chi connectivity index (χ0v) is 18.7. The third-order valence-corrected chi connectivity index (χ3v) is 6.85. The maximum atomic E-state index is 13.0. The molecular weight excluding hydrogens is 464 g/mol. The first-order valence-corrected chi connectivity index (χ1v) is 11.3. The van der Waals surface area contributed by atoms with Crippen molar-refractivity contribution in [3.8, 4) is 10.4 Å². The molecule has 30 heavy (non-hydrogen) atoms. The fourth-order valence-corrected chi connectivity index (χ4v) is 4.90. The van der Waals surface area contributed by atoms with Gasteiger partial charge in [-0.25, -0.2) is 4.98 Å². The molecule has 4 heterocycles. The second-order valence-electron chi connectivity index (χ2n) is 7.18. The number of hydrogen-bond acceptors (Lipinski definition) is 6. The Labute approximate surface area is 186 Å². The van der Waals surface area contributed by atoms with Crippen LogP contribution in [0.5, 0.6) is 0 Å². The maximum absolute atomic E-state index is 13.0. The van der Waals surface area contributed by atoms with Crippen molar-refractivity contribution in [3.63, 3.8) is 0 Å². The van der Waals surface area contributed by atoms with Gasteiger partial charge in [0.25, 0.3) is 11.7 Å². The summed E-state index contributed by atoms with van der Waals surface area (Å²) < 4.78 is 2.80. The third-order valence-electron chi connectivity index (χ3n) is 5.20. The molecule has 0 saturated carbocycles. The zero-order valence-electron chi connectivity index (χ0n) is 16.3. The van der Waals surface area contributed by atoms with Crippen LogP contribution in [0.25, 0.3) is 16.2 Å². The van der Waals surface area contributed by atoms with Crippen molar-refractivity contribution in [2.24, 2.45) is 0 Å². The van der Waals surface area contributed by atoms with Gasteiger partial charge in [0.05, 0.1) is 4.88 Å². The van der Waals surface area contributed by atoms with Gasteiger partial charge in [-0.15, -0.1) is 11.3 Å². The molecule has 152 valence electrons. The Morgan fingerprint density at radius 3 is 2.60 bits per heavy atom. The smallest absolute Gasteiger partial charge is 0.264 e. The molecule has 0 aliphatic carbocycles. The normalized spacial score (nSPS) is 14.5. The largest absolute Gasteiger partial charge is 0.353 e. The molecule has 1 aliphatic rings. The number of benzene rings is 1. The summed E-state index contributed by atoms with van der Waals surface area (Å²) in [6.45, 7) is 4.78. The lowest BCUT2D eigenvalue weighted by Crippen LogP contribution is -2.49. The molecule has 7 nitrogen and oxygen atoms in total. The van der Waals surface area contributed by atoms with E-state index in [9.17, 15) is 4.79 Å². The van der Waals surface area contributed by atoms with Crippen molar-refractivity contribution in [2.45, 2.75) is 6.92 Å². The van der Waals surface area contributed by atoms with Crippen LogP contribution in [0.4, 0.5) is 5.82 Å². The molecule has 0 spiro atoms. The van der Waals surface area contributed by atoms with Gasteiger partial charge < -0.3 is 9.80 Å². The molecular formula is C21H19BrN6OS. The second kappa shape index (κ2) is 7.81. The van der Waals surface area contributed by atoms with Gasteiger partial charge in [0.2, 0.25) is 0 Å². The molecule has 1 fully saturated rings. The maximum Gasteiger partial charge on any atom is 0.264 e. The molecule has 1 saturated heterocycles. The van der Waals surface area contributed by atoms with Gasteiger partial charge in [-0.05, 0) is 36.8 Å².